The molecule has 2 aromatic rings. The molecule has 1 N–H and O–H groups in total. The second-order valence-corrected chi connectivity index (χ2v) is 6.31. The van der Waals surface area contributed by atoms with E-state index in [0.717, 1.165) is 11.1 Å². The number of hydrogen-bond donors (Lipinski definition) is 1. The number of methoxy groups -OCH3 is 1. The molecule has 1 aliphatic carbocycles. The maximum atomic E-state index is 12.9. The number of aryl methyl sites for hydroxylation is 1. The monoisotopic (exact) mass is 323 g/mol. The number of benzene rings is 2. The van der Waals surface area contributed by atoms with Crippen molar-refractivity contribution in [1.29, 1.82) is 0 Å². The van der Waals surface area contributed by atoms with Gasteiger partial charge in [-0.2, -0.15) is 0 Å². The van der Waals surface area contributed by atoms with E-state index in [2.05, 4.69) is 5.32 Å². The maximum absolute atomic E-state index is 12.9. The highest BCUT2D eigenvalue weighted by molar-refractivity contribution is 6.10. The van der Waals surface area contributed by atoms with E-state index in [1.165, 1.54) is 0 Å². The van der Waals surface area contributed by atoms with Crippen LogP contribution in [0.1, 0.15) is 44.7 Å². The Morgan fingerprint density at radius 2 is 1.67 bits per heavy atom. The van der Waals surface area contributed by atoms with E-state index in [1.807, 2.05) is 44.2 Å². The van der Waals surface area contributed by atoms with Gasteiger partial charge in [0.1, 0.15) is 11.3 Å². The normalized spacial score (nSPS) is 14.8. The molecule has 1 saturated carbocycles. The molecule has 0 aliphatic heterocycles. The fourth-order valence-electron chi connectivity index (χ4n) is 2.99. The number of carbonyl (C=O) groups is 2. The van der Waals surface area contributed by atoms with E-state index in [4.69, 9.17) is 4.74 Å². The molecule has 4 heteroatoms. The summed E-state index contributed by atoms with van der Waals surface area (Å²) < 4.78 is 5.27. The van der Waals surface area contributed by atoms with E-state index in [1.54, 1.807) is 19.2 Å². The van der Waals surface area contributed by atoms with Crippen molar-refractivity contribution in [2.75, 3.05) is 7.11 Å². The third-order valence-electron chi connectivity index (χ3n) is 4.68. The zero-order valence-corrected chi connectivity index (χ0v) is 14.2. The Labute approximate surface area is 141 Å². The number of ketones is 1. The number of hydrogen-bond acceptors (Lipinski definition) is 3. The molecular formula is C20H21NO3. The van der Waals surface area contributed by atoms with E-state index >= 15 is 0 Å². The van der Waals surface area contributed by atoms with Crippen molar-refractivity contribution < 1.29 is 14.3 Å². The van der Waals surface area contributed by atoms with Crippen molar-refractivity contribution in [3.63, 3.8) is 0 Å². The Bertz CT molecular complexity index is 806. The molecule has 1 aliphatic rings. The van der Waals surface area contributed by atoms with Crippen LogP contribution in [0.5, 0.6) is 5.75 Å². The van der Waals surface area contributed by atoms with Crippen molar-refractivity contribution in [2.24, 2.45) is 0 Å². The van der Waals surface area contributed by atoms with Crippen LogP contribution >= 0.6 is 0 Å². The SMILES string of the molecule is COc1cccc(C(=O)NC2(C(=O)c3ccccc3C)CC2)c1C. The van der Waals surface area contributed by atoms with Gasteiger partial charge in [-0.1, -0.05) is 30.3 Å². The first-order valence-electron chi connectivity index (χ1n) is 8.05. The molecule has 0 heterocycles. The maximum Gasteiger partial charge on any atom is 0.252 e. The van der Waals surface area contributed by atoms with Crippen molar-refractivity contribution in [3.8, 4) is 5.75 Å². The highest BCUT2D eigenvalue weighted by atomic mass is 16.5. The highest BCUT2D eigenvalue weighted by Gasteiger charge is 2.51. The number of amides is 1. The first-order chi connectivity index (χ1) is 11.5. The summed E-state index contributed by atoms with van der Waals surface area (Å²) in [5.74, 6) is 0.429. The van der Waals surface area contributed by atoms with Crippen LogP contribution in [0.4, 0.5) is 0 Å². The lowest BCUT2D eigenvalue weighted by atomic mass is 9.97. The lowest BCUT2D eigenvalue weighted by molar-refractivity contribution is 0.0842. The molecule has 2 aromatic carbocycles. The molecule has 0 saturated heterocycles. The minimum Gasteiger partial charge on any atom is -0.496 e. The molecule has 0 aromatic heterocycles. The molecule has 124 valence electrons. The van der Waals surface area contributed by atoms with E-state index in [0.29, 0.717) is 29.7 Å². The Balaban J connectivity index is 1.84. The van der Waals surface area contributed by atoms with Gasteiger partial charge in [0.05, 0.1) is 7.11 Å². The van der Waals surface area contributed by atoms with Gasteiger partial charge in [0.2, 0.25) is 0 Å². The van der Waals surface area contributed by atoms with Crippen molar-refractivity contribution in [3.05, 3.63) is 64.7 Å². The fourth-order valence-corrected chi connectivity index (χ4v) is 2.99. The summed E-state index contributed by atoms with van der Waals surface area (Å²) in [5.41, 5.74) is 2.16. The van der Waals surface area contributed by atoms with Gasteiger partial charge in [-0.25, -0.2) is 0 Å². The highest BCUT2D eigenvalue weighted by Crippen LogP contribution is 2.39. The van der Waals surface area contributed by atoms with Crippen LogP contribution in [0.25, 0.3) is 0 Å². The van der Waals surface area contributed by atoms with Gasteiger partial charge in [0.15, 0.2) is 5.78 Å². The molecule has 4 nitrogen and oxygen atoms in total. The second kappa shape index (κ2) is 6.11. The topological polar surface area (TPSA) is 55.4 Å². The number of ether oxygens (including phenoxy) is 1. The molecule has 0 radical (unpaired) electrons. The predicted molar refractivity (Wildman–Crippen MR) is 92.7 cm³/mol. The van der Waals surface area contributed by atoms with Gasteiger partial charge in [-0.05, 0) is 44.4 Å². The number of rotatable bonds is 5. The molecule has 1 amide bonds. The summed E-state index contributed by atoms with van der Waals surface area (Å²) in [6.45, 7) is 3.76. The quantitative estimate of drug-likeness (QED) is 0.857. The third kappa shape index (κ3) is 2.80. The Morgan fingerprint density at radius 3 is 2.29 bits per heavy atom. The first kappa shape index (κ1) is 16.2. The molecule has 0 unspecified atom stereocenters. The van der Waals surface area contributed by atoms with Crippen molar-refractivity contribution in [1.82, 2.24) is 5.32 Å². The summed E-state index contributed by atoms with van der Waals surface area (Å²) in [4.78, 5) is 25.6. The largest absolute Gasteiger partial charge is 0.496 e. The second-order valence-electron chi connectivity index (χ2n) is 6.31. The summed E-state index contributed by atoms with van der Waals surface area (Å²) in [6, 6.07) is 12.8. The summed E-state index contributed by atoms with van der Waals surface area (Å²) in [5, 5.41) is 2.96. The van der Waals surface area contributed by atoms with Crippen LogP contribution in [0.15, 0.2) is 42.5 Å². The van der Waals surface area contributed by atoms with Gasteiger partial charge in [0, 0.05) is 16.7 Å². The first-order valence-corrected chi connectivity index (χ1v) is 8.05. The standard InChI is InChI=1S/C20H21NO3/c1-13-7-4-5-8-15(13)18(22)20(11-12-20)21-19(23)16-9-6-10-17(24-3)14(16)2/h4-10H,11-12H2,1-3H3,(H,21,23). The third-order valence-corrected chi connectivity index (χ3v) is 4.68. The van der Waals surface area contributed by atoms with E-state index in [-0.39, 0.29) is 11.7 Å². The molecule has 24 heavy (non-hydrogen) atoms. The average Bonchev–Trinajstić information content (AvgIpc) is 3.35. The van der Waals surface area contributed by atoms with E-state index < -0.39 is 5.54 Å². The number of carbonyl (C=O) groups excluding carboxylic acids is 2. The Kier molecular flexibility index (Phi) is 4.14. The van der Waals surface area contributed by atoms with Crippen LogP contribution in [-0.2, 0) is 0 Å². The lowest BCUT2D eigenvalue weighted by Crippen LogP contribution is -2.43. The fraction of sp³-hybridized carbons (Fsp3) is 0.300. The van der Waals surface area contributed by atoms with Crippen LogP contribution in [0, 0.1) is 13.8 Å². The van der Waals surface area contributed by atoms with Crippen molar-refractivity contribution >= 4 is 11.7 Å². The Hall–Kier alpha value is -2.62. The van der Waals surface area contributed by atoms with Crippen LogP contribution in [0.3, 0.4) is 0 Å². The van der Waals surface area contributed by atoms with Gasteiger partial charge in [-0.15, -0.1) is 0 Å². The summed E-state index contributed by atoms with van der Waals surface area (Å²) >= 11 is 0. The van der Waals surface area contributed by atoms with Gasteiger partial charge >= 0.3 is 0 Å². The van der Waals surface area contributed by atoms with Crippen LogP contribution in [-0.4, -0.2) is 24.3 Å². The molecule has 0 atom stereocenters. The zero-order valence-electron chi connectivity index (χ0n) is 14.2. The smallest absolute Gasteiger partial charge is 0.252 e. The minimum atomic E-state index is -0.765. The predicted octanol–water partition coefficient (Wildman–Crippen LogP) is 3.46. The van der Waals surface area contributed by atoms with E-state index in [9.17, 15) is 9.59 Å². The molecule has 0 bridgehead atoms. The summed E-state index contributed by atoms with van der Waals surface area (Å²) in [6.07, 6.45) is 1.35. The zero-order chi connectivity index (χ0) is 17.3. The average molecular weight is 323 g/mol. The van der Waals surface area contributed by atoms with Crippen molar-refractivity contribution in [2.45, 2.75) is 32.2 Å². The lowest BCUT2D eigenvalue weighted by Gasteiger charge is -2.19. The van der Waals surface area contributed by atoms with Crippen LogP contribution < -0.4 is 10.1 Å². The Morgan fingerprint density at radius 1 is 1.00 bits per heavy atom. The minimum absolute atomic E-state index is 0.00509. The number of nitrogens with one attached hydrogen (secondary N) is 1. The number of Topliss-reactive ketones (excluding diaryl/α,β-unsaturated/α-hetero) is 1. The molecule has 3 rings (SSSR count). The van der Waals surface area contributed by atoms with Gasteiger partial charge in [0.25, 0.3) is 5.91 Å². The van der Waals surface area contributed by atoms with Gasteiger partial charge < -0.3 is 10.1 Å². The summed E-state index contributed by atoms with van der Waals surface area (Å²) in [7, 11) is 1.58. The molecule has 1 fully saturated rings. The van der Waals surface area contributed by atoms with Crippen LogP contribution in [0.2, 0.25) is 0 Å². The molecular weight excluding hydrogens is 302 g/mol. The molecule has 0 spiro atoms. The van der Waals surface area contributed by atoms with Gasteiger partial charge in [-0.3, -0.25) is 9.59 Å².